The molecule has 0 aliphatic heterocycles. The quantitative estimate of drug-likeness (QED) is 0.860. The summed E-state index contributed by atoms with van der Waals surface area (Å²) in [6.45, 7) is 3.04. The highest BCUT2D eigenvalue weighted by Gasteiger charge is 2.19. The summed E-state index contributed by atoms with van der Waals surface area (Å²) in [7, 11) is 0. The summed E-state index contributed by atoms with van der Waals surface area (Å²) in [6.07, 6.45) is 4.88. The molecule has 4 nitrogen and oxygen atoms in total. The van der Waals surface area contributed by atoms with Crippen molar-refractivity contribution in [1.29, 1.82) is 0 Å². The van der Waals surface area contributed by atoms with E-state index in [1.165, 1.54) is 19.3 Å². The molecule has 100 valence electrons. The summed E-state index contributed by atoms with van der Waals surface area (Å²) >= 11 is 0. The van der Waals surface area contributed by atoms with Gasteiger partial charge in [0.05, 0.1) is 5.52 Å². The highest BCUT2D eigenvalue weighted by Crippen LogP contribution is 2.27. The van der Waals surface area contributed by atoms with Crippen LogP contribution in [0.3, 0.4) is 0 Å². The zero-order chi connectivity index (χ0) is 13.1. The van der Waals surface area contributed by atoms with E-state index in [0.29, 0.717) is 6.04 Å². The zero-order valence-electron chi connectivity index (χ0n) is 11.3. The van der Waals surface area contributed by atoms with Crippen LogP contribution in [-0.4, -0.2) is 22.6 Å². The van der Waals surface area contributed by atoms with Crippen molar-refractivity contribution < 1.29 is 0 Å². The van der Waals surface area contributed by atoms with E-state index in [0.717, 1.165) is 35.6 Å². The number of rotatable bonds is 5. The molecule has 1 saturated carbocycles. The van der Waals surface area contributed by atoms with Crippen LogP contribution in [0.4, 0.5) is 11.8 Å². The molecular weight excluding hydrogens is 236 g/mol. The second-order valence-electron chi connectivity index (χ2n) is 5.11. The molecule has 0 amide bonds. The summed E-state index contributed by atoms with van der Waals surface area (Å²) in [6, 6.07) is 8.76. The van der Waals surface area contributed by atoms with Crippen molar-refractivity contribution in [3.63, 3.8) is 0 Å². The Balaban J connectivity index is 1.95. The molecule has 0 bridgehead atoms. The molecular formula is C15H20N4. The van der Waals surface area contributed by atoms with Crippen LogP contribution in [0.5, 0.6) is 0 Å². The Kier molecular flexibility index (Phi) is 3.49. The molecule has 0 unspecified atom stereocenters. The fourth-order valence-electron chi connectivity index (χ4n) is 2.25. The van der Waals surface area contributed by atoms with Gasteiger partial charge in [-0.15, -0.1) is 0 Å². The third-order valence-electron chi connectivity index (χ3n) is 3.58. The average Bonchev–Trinajstić information content (AvgIpc) is 2.40. The van der Waals surface area contributed by atoms with Gasteiger partial charge in [-0.3, -0.25) is 0 Å². The van der Waals surface area contributed by atoms with Gasteiger partial charge in [-0.2, -0.15) is 4.98 Å². The first-order valence-electron chi connectivity index (χ1n) is 7.14. The van der Waals surface area contributed by atoms with Crippen LogP contribution in [0.2, 0.25) is 0 Å². The Labute approximate surface area is 113 Å². The lowest BCUT2D eigenvalue weighted by atomic mass is 9.93. The lowest BCUT2D eigenvalue weighted by molar-refractivity contribution is 0.445. The van der Waals surface area contributed by atoms with Gasteiger partial charge in [-0.25, -0.2) is 4.98 Å². The van der Waals surface area contributed by atoms with E-state index in [1.54, 1.807) is 0 Å². The number of anilines is 2. The van der Waals surface area contributed by atoms with Gasteiger partial charge in [-0.05, 0) is 37.8 Å². The standard InChI is InChI=1S/C15H20N4/c1-2-10-16-15-18-13-9-4-3-8-12(13)14(19-15)17-11-6-5-7-11/h3-4,8-9,11H,2,5-7,10H2,1H3,(H2,16,17,18,19). The molecule has 2 N–H and O–H groups in total. The van der Waals surface area contributed by atoms with E-state index >= 15 is 0 Å². The molecule has 1 aliphatic carbocycles. The molecule has 1 aromatic carbocycles. The lowest BCUT2D eigenvalue weighted by Gasteiger charge is -2.27. The normalized spacial score (nSPS) is 15.2. The predicted molar refractivity (Wildman–Crippen MR) is 79.6 cm³/mol. The molecule has 1 aliphatic rings. The topological polar surface area (TPSA) is 49.8 Å². The summed E-state index contributed by atoms with van der Waals surface area (Å²) < 4.78 is 0. The van der Waals surface area contributed by atoms with E-state index in [9.17, 15) is 0 Å². The first-order valence-corrected chi connectivity index (χ1v) is 7.14. The van der Waals surface area contributed by atoms with Crippen LogP contribution in [0.1, 0.15) is 32.6 Å². The molecule has 3 rings (SSSR count). The molecule has 0 saturated heterocycles. The summed E-state index contributed by atoms with van der Waals surface area (Å²) in [5.74, 6) is 1.69. The van der Waals surface area contributed by atoms with Crippen molar-refractivity contribution in [2.24, 2.45) is 0 Å². The van der Waals surface area contributed by atoms with Crippen molar-refractivity contribution in [2.45, 2.75) is 38.6 Å². The monoisotopic (exact) mass is 256 g/mol. The van der Waals surface area contributed by atoms with Crippen LogP contribution < -0.4 is 10.6 Å². The molecule has 0 atom stereocenters. The van der Waals surface area contributed by atoms with E-state index in [2.05, 4.69) is 33.6 Å². The Bertz CT molecular complexity index is 563. The average molecular weight is 256 g/mol. The van der Waals surface area contributed by atoms with Gasteiger partial charge >= 0.3 is 0 Å². The minimum Gasteiger partial charge on any atom is -0.367 e. The van der Waals surface area contributed by atoms with Gasteiger partial charge in [0.15, 0.2) is 0 Å². The molecule has 0 radical (unpaired) electrons. The summed E-state index contributed by atoms with van der Waals surface area (Å²) in [5.41, 5.74) is 0.998. The number of fused-ring (bicyclic) bond motifs is 1. The van der Waals surface area contributed by atoms with E-state index in [1.807, 2.05) is 18.2 Å². The Hall–Kier alpha value is -1.84. The SMILES string of the molecule is CCCNc1nc(NC2CCC2)c2ccccc2n1. The summed E-state index contributed by atoms with van der Waals surface area (Å²) in [5, 5.41) is 7.93. The molecule has 1 fully saturated rings. The third-order valence-corrected chi connectivity index (χ3v) is 3.58. The number of nitrogens with zero attached hydrogens (tertiary/aromatic N) is 2. The van der Waals surface area contributed by atoms with Gasteiger partial charge in [0.2, 0.25) is 5.95 Å². The van der Waals surface area contributed by atoms with Crippen molar-refractivity contribution in [2.75, 3.05) is 17.2 Å². The van der Waals surface area contributed by atoms with Crippen molar-refractivity contribution in [3.8, 4) is 0 Å². The Morgan fingerprint density at radius 3 is 2.79 bits per heavy atom. The minimum absolute atomic E-state index is 0.581. The highest BCUT2D eigenvalue weighted by molar-refractivity contribution is 5.90. The van der Waals surface area contributed by atoms with Crippen LogP contribution >= 0.6 is 0 Å². The van der Waals surface area contributed by atoms with Crippen LogP contribution in [0.25, 0.3) is 10.9 Å². The van der Waals surface area contributed by atoms with Gasteiger partial charge in [0.1, 0.15) is 5.82 Å². The molecule has 2 aromatic rings. The molecule has 1 aromatic heterocycles. The third kappa shape index (κ3) is 2.62. The molecule has 1 heterocycles. The first-order chi connectivity index (χ1) is 9.36. The lowest BCUT2D eigenvalue weighted by Crippen LogP contribution is -2.27. The fourth-order valence-corrected chi connectivity index (χ4v) is 2.25. The van der Waals surface area contributed by atoms with E-state index in [-0.39, 0.29) is 0 Å². The molecule has 4 heteroatoms. The van der Waals surface area contributed by atoms with Gasteiger partial charge in [0, 0.05) is 18.0 Å². The zero-order valence-corrected chi connectivity index (χ0v) is 11.3. The smallest absolute Gasteiger partial charge is 0.225 e. The van der Waals surface area contributed by atoms with Gasteiger partial charge in [-0.1, -0.05) is 19.1 Å². The predicted octanol–water partition coefficient (Wildman–Crippen LogP) is 3.42. The molecule has 19 heavy (non-hydrogen) atoms. The number of benzene rings is 1. The van der Waals surface area contributed by atoms with Crippen molar-refractivity contribution in [1.82, 2.24) is 9.97 Å². The number of hydrogen-bond acceptors (Lipinski definition) is 4. The maximum Gasteiger partial charge on any atom is 0.225 e. The number of nitrogens with one attached hydrogen (secondary N) is 2. The second kappa shape index (κ2) is 5.43. The number of para-hydroxylation sites is 1. The largest absolute Gasteiger partial charge is 0.367 e. The van der Waals surface area contributed by atoms with E-state index < -0.39 is 0 Å². The van der Waals surface area contributed by atoms with Crippen LogP contribution in [0, 0.1) is 0 Å². The minimum atomic E-state index is 0.581. The Morgan fingerprint density at radius 1 is 1.21 bits per heavy atom. The fraction of sp³-hybridized carbons (Fsp3) is 0.467. The maximum absolute atomic E-state index is 4.63. The maximum atomic E-state index is 4.63. The van der Waals surface area contributed by atoms with Gasteiger partial charge < -0.3 is 10.6 Å². The Morgan fingerprint density at radius 2 is 2.05 bits per heavy atom. The highest BCUT2D eigenvalue weighted by atomic mass is 15.1. The van der Waals surface area contributed by atoms with E-state index in [4.69, 9.17) is 0 Å². The number of aromatic nitrogens is 2. The van der Waals surface area contributed by atoms with Crippen molar-refractivity contribution in [3.05, 3.63) is 24.3 Å². The van der Waals surface area contributed by atoms with Gasteiger partial charge in [0.25, 0.3) is 0 Å². The number of hydrogen-bond donors (Lipinski definition) is 2. The van der Waals surface area contributed by atoms with Crippen molar-refractivity contribution >= 4 is 22.7 Å². The van der Waals surface area contributed by atoms with Crippen LogP contribution in [0.15, 0.2) is 24.3 Å². The second-order valence-corrected chi connectivity index (χ2v) is 5.11. The summed E-state index contributed by atoms with van der Waals surface area (Å²) in [4.78, 5) is 9.19. The van der Waals surface area contributed by atoms with Crippen LogP contribution in [-0.2, 0) is 0 Å². The first kappa shape index (κ1) is 12.2. The molecule has 0 spiro atoms.